The molecular weight excluding hydrogens is 347 g/mol. The smallest absolute Gasteiger partial charge is 0.255 e. The molecule has 2 aromatic carbocycles. The third-order valence-electron chi connectivity index (χ3n) is 3.26. The summed E-state index contributed by atoms with van der Waals surface area (Å²) in [7, 11) is -2.64. The zero-order valence-electron chi connectivity index (χ0n) is 13.5. The molecule has 0 aliphatic rings. The molecule has 0 saturated heterocycles. The van der Waals surface area contributed by atoms with Gasteiger partial charge in [-0.25, -0.2) is 17.5 Å². The Morgan fingerprint density at radius 1 is 1.28 bits per heavy atom. The van der Waals surface area contributed by atoms with Crippen molar-refractivity contribution in [2.45, 2.75) is 4.90 Å². The Labute approximate surface area is 145 Å². The number of carbonyl (C=O) groups is 1. The summed E-state index contributed by atoms with van der Waals surface area (Å²) in [4.78, 5) is 11.8. The number of methoxy groups -OCH3 is 1. The lowest BCUT2D eigenvalue weighted by atomic mass is 10.2. The van der Waals surface area contributed by atoms with Crippen molar-refractivity contribution in [3.8, 4) is 5.75 Å². The van der Waals surface area contributed by atoms with Crippen molar-refractivity contribution < 1.29 is 22.3 Å². The van der Waals surface area contributed by atoms with Crippen molar-refractivity contribution in [3.63, 3.8) is 0 Å². The molecule has 2 N–H and O–H groups in total. The van der Waals surface area contributed by atoms with E-state index in [-0.39, 0.29) is 12.1 Å². The lowest BCUT2D eigenvalue weighted by Gasteiger charge is -2.11. The number of carbonyl (C=O) groups excluding carboxylic acids is 1. The van der Waals surface area contributed by atoms with Crippen LogP contribution in [-0.4, -0.2) is 28.0 Å². The maximum absolute atomic E-state index is 13.9. The maximum Gasteiger partial charge on any atom is 0.255 e. The average molecular weight is 364 g/mol. The van der Waals surface area contributed by atoms with E-state index in [1.807, 2.05) is 0 Å². The minimum absolute atomic E-state index is 0.00807. The Hall–Kier alpha value is -2.71. The van der Waals surface area contributed by atoms with Crippen molar-refractivity contribution >= 4 is 21.6 Å². The standard InChI is InChI=1S/C17H17FN2O4S/c1-3-10-19-25(22,23)16-11-12(8-9-13(16)18)17(21)20-14-6-4-5-7-15(14)24-2/h3-9,11,19H,1,10H2,2H3,(H,20,21). The van der Waals surface area contributed by atoms with Gasteiger partial charge in [-0.15, -0.1) is 6.58 Å². The summed E-state index contributed by atoms with van der Waals surface area (Å²) in [6.07, 6.45) is 1.33. The second-order valence-corrected chi connectivity index (χ2v) is 6.68. The monoisotopic (exact) mass is 364 g/mol. The van der Waals surface area contributed by atoms with E-state index in [1.165, 1.54) is 19.3 Å². The van der Waals surface area contributed by atoms with E-state index in [0.29, 0.717) is 11.4 Å². The van der Waals surface area contributed by atoms with Crippen molar-refractivity contribution in [2.24, 2.45) is 0 Å². The minimum Gasteiger partial charge on any atom is -0.495 e. The normalized spacial score (nSPS) is 11.0. The fraction of sp³-hybridized carbons (Fsp3) is 0.118. The molecule has 1 amide bonds. The molecule has 2 aromatic rings. The molecule has 0 radical (unpaired) electrons. The molecule has 25 heavy (non-hydrogen) atoms. The summed E-state index contributed by atoms with van der Waals surface area (Å²) in [5.74, 6) is -1.10. The minimum atomic E-state index is -4.10. The largest absolute Gasteiger partial charge is 0.495 e. The molecule has 0 aliphatic heterocycles. The van der Waals surface area contributed by atoms with Crippen LogP contribution in [0.15, 0.2) is 60.0 Å². The van der Waals surface area contributed by atoms with Gasteiger partial charge in [-0.1, -0.05) is 18.2 Å². The SMILES string of the molecule is C=CCNS(=O)(=O)c1cc(C(=O)Nc2ccccc2OC)ccc1F. The van der Waals surface area contributed by atoms with Gasteiger partial charge < -0.3 is 10.1 Å². The third-order valence-corrected chi connectivity index (χ3v) is 4.69. The number of rotatable bonds is 7. The summed E-state index contributed by atoms with van der Waals surface area (Å²) >= 11 is 0. The number of sulfonamides is 1. The molecule has 132 valence electrons. The highest BCUT2D eigenvalue weighted by atomic mass is 32.2. The second kappa shape index (κ2) is 7.91. The van der Waals surface area contributed by atoms with Crippen LogP contribution in [0.1, 0.15) is 10.4 Å². The van der Waals surface area contributed by atoms with E-state index >= 15 is 0 Å². The van der Waals surface area contributed by atoms with Crippen LogP contribution in [0.3, 0.4) is 0 Å². The van der Waals surface area contributed by atoms with E-state index < -0.39 is 26.6 Å². The van der Waals surface area contributed by atoms with E-state index in [9.17, 15) is 17.6 Å². The maximum atomic E-state index is 13.9. The number of amides is 1. The fourth-order valence-corrected chi connectivity index (χ4v) is 3.14. The molecule has 0 saturated carbocycles. The Balaban J connectivity index is 2.32. The average Bonchev–Trinajstić information content (AvgIpc) is 2.60. The van der Waals surface area contributed by atoms with Crippen LogP contribution < -0.4 is 14.8 Å². The van der Waals surface area contributed by atoms with Gasteiger partial charge in [-0.05, 0) is 30.3 Å². The van der Waals surface area contributed by atoms with Gasteiger partial charge >= 0.3 is 0 Å². The number of para-hydroxylation sites is 2. The number of anilines is 1. The number of ether oxygens (including phenoxy) is 1. The topological polar surface area (TPSA) is 84.5 Å². The van der Waals surface area contributed by atoms with Crippen LogP contribution >= 0.6 is 0 Å². The number of hydrogen-bond donors (Lipinski definition) is 2. The number of hydrogen-bond acceptors (Lipinski definition) is 4. The van der Waals surface area contributed by atoms with Gasteiger partial charge in [0.1, 0.15) is 16.5 Å². The fourth-order valence-electron chi connectivity index (χ4n) is 2.04. The molecule has 8 heteroatoms. The van der Waals surface area contributed by atoms with Gasteiger partial charge in [-0.2, -0.15) is 0 Å². The number of halogens is 1. The van der Waals surface area contributed by atoms with Crippen molar-refractivity contribution in [1.82, 2.24) is 4.72 Å². The molecule has 0 aliphatic carbocycles. The lowest BCUT2D eigenvalue weighted by Crippen LogP contribution is -2.25. The van der Waals surface area contributed by atoms with Gasteiger partial charge in [0.15, 0.2) is 0 Å². The molecule has 0 bridgehead atoms. The van der Waals surface area contributed by atoms with Crippen molar-refractivity contribution in [3.05, 3.63) is 66.5 Å². The van der Waals surface area contributed by atoms with Crippen molar-refractivity contribution in [1.29, 1.82) is 0 Å². The van der Waals surface area contributed by atoms with Crippen LogP contribution in [0.2, 0.25) is 0 Å². The quantitative estimate of drug-likeness (QED) is 0.740. The molecule has 0 aromatic heterocycles. The van der Waals surface area contributed by atoms with Gasteiger partial charge in [0, 0.05) is 12.1 Å². The molecule has 6 nitrogen and oxygen atoms in total. The summed E-state index contributed by atoms with van der Waals surface area (Å²) < 4.78 is 45.4. The predicted molar refractivity (Wildman–Crippen MR) is 92.7 cm³/mol. The van der Waals surface area contributed by atoms with E-state index in [2.05, 4.69) is 16.6 Å². The third kappa shape index (κ3) is 4.43. The second-order valence-electron chi connectivity index (χ2n) is 4.94. The first-order chi connectivity index (χ1) is 11.9. The Morgan fingerprint density at radius 3 is 2.68 bits per heavy atom. The molecule has 0 unspecified atom stereocenters. The first-order valence-electron chi connectivity index (χ1n) is 7.23. The van der Waals surface area contributed by atoms with E-state index in [0.717, 1.165) is 12.1 Å². The molecule has 0 spiro atoms. The van der Waals surface area contributed by atoms with Gasteiger partial charge in [0.25, 0.3) is 5.91 Å². The molecule has 0 fully saturated rings. The van der Waals surface area contributed by atoms with Crippen LogP contribution in [0.25, 0.3) is 0 Å². The summed E-state index contributed by atoms with van der Waals surface area (Å²) in [6, 6.07) is 9.84. The van der Waals surface area contributed by atoms with E-state index in [1.54, 1.807) is 24.3 Å². The highest BCUT2D eigenvalue weighted by molar-refractivity contribution is 7.89. The number of benzene rings is 2. The Kier molecular flexibility index (Phi) is 5.89. The van der Waals surface area contributed by atoms with Crippen LogP contribution in [0.5, 0.6) is 5.75 Å². The highest BCUT2D eigenvalue weighted by Gasteiger charge is 2.21. The van der Waals surface area contributed by atoms with Gasteiger partial charge in [0.05, 0.1) is 12.8 Å². The molecule has 2 rings (SSSR count). The first-order valence-corrected chi connectivity index (χ1v) is 8.72. The highest BCUT2D eigenvalue weighted by Crippen LogP contribution is 2.24. The van der Waals surface area contributed by atoms with Gasteiger partial charge in [0.2, 0.25) is 10.0 Å². The van der Waals surface area contributed by atoms with Crippen molar-refractivity contribution in [2.75, 3.05) is 19.0 Å². The molecular formula is C17H17FN2O4S. The first kappa shape index (κ1) is 18.6. The van der Waals surface area contributed by atoms with Gasteiger partial charge in [-0.3, -0.25) is 4.79 Å². The zero-order chi connectivity index (χ0) is 18.4. The molecule has 0 atom stereocenters. The summed E-state index contributed by atoms with van der Waals surface area (Å²) in [5, 5.41) is 2.60. The van der Waals surface area contributed by atoms with Crippen LogP contribution in [-0.2, 0) is 10.0 Å². The molecule has 0 heterocycles. The Morgan fingerprint density at radius 2 is 2.00 bits per heavy atom. The summed E-state index contributed by atoms with van der Waals surface area (Å²) in [5.41, 5.74) is 0.403. The predicted octanol–water partition coefficient (Wildman–Crippen LogP) is 2.55. The Bertz CT molecular complexity index is 897. The zero-order valence-corrected chi connectivity index (χ0v) is 14.3. The lowest BCUT2D eigenvalue weighted by molar-refractivity contribution is 0.102. The van der Waals surface area contributed by atoms with Crippen LogP contribution in [0, 0.1) is 5.82 Å². The number of nitrogens with one attached hydrogen (secondary N) is 2. The van der Waals surface area contributed by atoms with Crippen LogP contribution in [0.4, 0.5) is 10.1 Å². The van der Waals surface area contributed by atoms with E-state index in [4.69, 9.17) is 4.74 Å². The summed E-state index contributed by atoms with van der Waals surface area (Å²) in [6.45, 7) is 3.34.